The summed E-state index contributed by atoms with van der Waals surface area (Å²) in [4.78, 5) is 22.8. The summed E-state index contributed by atoms with van der Waals surface area (Å²) in [6.07, 6.45) is -1.13. The van der Waals surface area contributed by atoms with Crippen molar-refractivity contribution in [2.75, 3.05) is 10.6 Å². The Morgan fingerprint density at radius 3 is 1.85 bits per heavy atom. The summed E-state index contributed by atoms with van der Waals surface area (Å²) in [7, 11) is 0. The lowest BCUT2D eigenvalue weighted by Gasteiger charge is -2.19. The molecule has 2 aromatic carbocycles. The quantitative estimate of drug-likeness (QED) is 0.607. The molecule has 0 aromatic heterocycles. The summed E-state index contributed by atoms with van der Waals surface area (Å²) < 4.78 is 0. The van der Waals surface area contributed by atoms with Crippen molar-refractivity contribution < 1.29 is 14.7 Å². The van der Waals surface area contributed by atoms with E-state index in [0.717, 1.165) is 5.56 Å². The fraction of sp³-hybridized carbons (Fsp3) is 0.211. The number of anilines is 2. The molecule has 0 aliphatic carbocycles. The maximum absolute atomic E-state index is 12.3. The molecule has 0 heterocycles. The molecule has 0 fully saturated rings. The number of hydrogen-bond donors (Lipinski definition) is 4. The predicted molar refractivity (Wildman–Crippen MR) is 107 cm³/mol. The van der Waals surface area contributed by atoms with Crippen LogP contribution in [0.2, 0.25) is 0 Å². The molecule has 2 amide bonds. The first-order chi connectivity index (χ1) is 12.1. The van der Waals surface area contributed by atoms with E-state index in [0.29, 0.717) is 16.9 Å². The van der Waals surface area contributed by atoms with Gasteiger partial charge in [0.15, 0.2) is 5.11 Å². The van der Waals surface area contributed by atoms with Crippen molar-refractivity contribution in [3.05, 3.63) is 59.7 Å². The highest BCUT2D eigenvalue weighted by Gasteiger charge is 2.14. The monoisotopic (exact) mass is 371 g/mol. The Bertz CT molecular complexity index is 809. The minimum absolute atomic E-state index is 0.0214. The summed E-state index contributed by atoms with van der Waals surface area (Å²) in [6.45, 7) is 6.33. The van der Waals surface area contributed by atoms with Crippen LogP contribution in [0, 0.1) is 0 Å². The van der Waals surface area contributed by atoms with E-state index >= 15 is 0 Å². The summed E-state index contributed by atoms with van der Waals surface area (Å²) in [5.74, 6) is -0.299. The Hall–Kier alpha value is -2.93. The van der Waals surface area contributed by atoms with Gasteiger partial charge in [0.05, 0.1) is 0 Å². The van der Waals surface area contributed by atoms with E-state index in [1.165, 1.54) is 0 Å². The number of carboxylic acid groups (broad SMARTS) is 1. The topological polar surface area (TPSA) is 90.5 Å². The predicted octanol–water partition coefficient (Wildman–Crippen LogP) is 4.20. The van der Waals surface area contributed by atoms with Crippen molar-refractivity contribution in [3.8, 4) is 0 Å². The van der Waals surface area contributed by atoms with Crippen LogP contribution in [0.1, 0.15) is 36.7 Å². The van der Waals surface area contributed by atoms with Gasteiger partial charge in [0, 0.05) is 16.9 Å². The van der Waals surface area contributed by atoms with E-state index in [-0.39, 0.29) is 16.4 Å². The molecule has 0 saturated heterocycles. The van der Waals surface area contributed by atoms with E-state index in [1.807, 2.05) is 12.1 Å². The molecule has 6 nitrogen and oxygen atoms in total. The van der Waals surface area contributed by atoms with Gasteiger partial charge in [-0.05, 0) is 59.6 Å². The lowest BCUT2D eigenvalue weighted by atomic mass is 9.87. The number of benzene rings is 2. The standard InChI is InChI=1S/C19H21N3O3S/c1-19(2,3)13-6-4-12(5-7-13)16(23)22-17(26)20-14-8-10-15(11-9-14)21-18(24)25/h4-11,21H,1-3H3,(H,24,25)(H2,20,22,23,26). The molecule has 0 aliphatic heterocycles. The van der Waals surface area contributed by atoms with Crippen molar-refractivity contribution in [3.63, 3.8) is 0 Å². The molecular formula is C19H21N3O3S. The van der Waals surface area contributed by atoms with Crippen molar-refractivity contribution in [2.45, 2.75) is 26.2 Å². The minimum atomic E-state index is -1.13. The molecular weight excluding hydrogens is 350 g/mol. The molecule has 0 aliphatic rings. The zero-order valence-electron chi connectivity index (χ0n) is 14.8. The molecule has 0 radical (unpaired) electrons. The Labute approximate surface area is 157 Å². The second kappa shape index (κ2) is 7.97. The second-order valence-corrected chi connectivity index (χ2v) is 7.15. The number of carbonyl (C=O) groups excluding carboxylic acids is 1. The Balaban J connectivity index is 1.94. The molecule has 0 atom stereocenters. The first-order valence-corrected chi connectivity index (χ1v) is 8.39. The van der Waals surface area contributed by atoms with Gasteiger partial charge in [-0.3, -0.25) is 15.4 Å². The van der Waals surface area contributed by atoms with E-state index < -0.39 is 6.09 Å². The van der Waals surface area contributed by atoms with E-state index in [1.54, 1.807) is 36.4 Å². The first-order valence-electron chi connectivity index (χ1n) is 7.98. The van der Waals surface area contributed by atoms with Crippen LogP contribution in [0.25, 0.3) is 0 Å². The van der Waals surface area contributed by atoms with Crippen LogP contribution in [0.15, 0.2) is 48.5 Å². The Kier molecular flexibility index (Phi) is 5.94. The Morgan fingerprint density at radius 1 is 0.885 bits per heavy atom. The third-order valence-corrected chi connectivity index (χ3v) is 3.84. The van der Waals surface area contributed by atoms with Crippen LogP contribution >= 0.6 is 12.2 Å². The number of carbonyl (C=O) groups is 2. The maximum atomic E-state index is 12.3. The van der Waals surface area contributed by atoms with Gasteiger partial charge in [0.1, 0.15) is 0 Å². The SMILES string of the molecule is CC(C)(C)c1ccc(C(=O)NC(=S)Nc2ccc(NC(=O)O)cc2)cc1. The molecule has 0 saturated carbocycles. The smallest absolute Gasteiger partial charge is 0.409 e. The summed E-state index contributed by atoms with van der Waals surface area (Å²) in [5, 5.41) is 16.6. The van der Waals surface area contributed by atoms with Crippen LogP contribution < -0.4 is 16.0 Å². The van der Waals surface area contributed by atoms with Crippen molar-refractivity contribution in [1.29, 1.82) is 0 Å². The average molecular weight is 371 g/mol. The first kappa shape index (κ1) is 19.4. The number of rotatable bonds is 3. The van der Waals surface area contributed by atoms with Gasteiger partial charge < -0.3 is 10.4 Å². The normalized spacial score (nSPS) is 10.7. The molecule has 2 aromatic rings. The van der Waals surface area contributed by atoms with E-state index in [4.69, 9.17) is 17.3 Å². The molecule has 0 bridgehead atoms. The molecule has 0 spiro atoms. The number of thiocarbonyl (C=S) groups is 1. The summed E-state index contributed by atoms with van der Waals surface area (Å²) >= 11 is 5.15. The zero-order chi connectivity index (χ0) is 19.3. The fourth-order valence-corrected chi connectivity index (χ4v) is 2.43. The largest absolute Gasteiger partial charge is 0.465 e. The van der Waals surface area contributed by atoms with Crippen LogP contribution in [-0.2, 0) is 5.41 Å². The second-order valence-electron chi connectivity index (χ2n) is 6.74. The number of amides is 2. The van der Waals surface area contributed by atoms with Crippen LogP contribution in [0.5, 0.6) is 0 Å². The van der Waals surface area contributed by atoms with Crippen molar-refractivity contribution >= 4 is 40.7 Å². The number of hydrogen-bond acceptors (Lipinski definition) is 3. The fourth-order valence-electron chi connectivity index (χ4n) is 2.22. The van der Waals surface area contributed by atoms with Gasteiger partial charge in [0.2, 0.25) is 0 Å². The highest BCUT2D eigenvalue weighted by Crippen LogP contribution is 2.22. The lowest BCUT2D eigenvalue weighted by molar-refractivity contribution is 0.0977. The highest BCUT2D eigenvalue weighted by molar-refractivity contribution is 7.80. The summed E-state index contributed by atoms with van der Waals surface area (Å²) in [5.41, 5.74) is 2.76. The van der Waals surface area contributed by atoms with E-state index in [9.17, 15) is 9.59 Å². The lowest BCUT2D eigenvalue weighted by Crippen LogP contribution is -2.34. The van der Waals surface area contributed by atoms with Crippen LogP contribution in [0.4, 0.5) is 16.2 Å². The van der Waals surface area contributed by atoms with Crippen LogP contribution in [0.3, 0.4) is 0 Å². The highest BCUT2D eigenvalue weighted by atomic mass is 32.1. The number of nitrogens with one attached hydrogen (secondary N) is 3. The third-order valence-electron chi connectivity index (χ3n) is 3.63. The van der Waals surface area contributed by atoms with Gasteiger partial charge >= 0.3 is 6.09 Å². The summed E-state index contributed by atoms with van der Waals surface area (Å²) in [6, 6.07) is 13.9. The van der Waals surface area contributed by atoms with Gasteiger partial charge in [-0.15, -0.1) is 0 Å². The van der Waals surface area contributed by atoms with Gasteiger partial charge in [-0.2, -0.15) is 0 Å². The van der Waals surface area contributed by atoms with Gasteiger partial charge in [0.25, 0.3) is 5.91 Å². The molecule has 2 rings (SSSR count). The third kappa shape index (κ3) is 5.56. The molecule has 0 unspecified atom stereocenters. The van der Waals surface area contributed by atoms with Crippen molar-refractivity contribution in [1.82, 2.24) is 5.32 Å². The van der Waals surface area contributed by atoms with E-state index in [2.05, 4.69) is 36.7 Å². The van der Waals surface area contributed by atoms with Crippen molar-refractivity contribution in [2.24, 2.45) is 0 Å². The van der Waals surface area contributed by atoms with Crippen LogP contribution in [-0.4, -0.2) is 22.2 Å². The van der Waals surface area contributed by atoms with Gasteiger partial charge in [-0.25, -0.2) is 4.79 Å². The molecule has 136 valence electrons. The van der Waals surface area contributed by atoms with Gasteiger partial charge in [-0.1, -0.05) is 32.9 Å². The average Bonchev–Trinajstić information content (AvgIpc) is 2.55. The Morgan fingerprint density at radius 2 is 1.38 bits per heavy atom. The molecule has 4 N–H and O–H groups in total. The minimum Gasteiger partial charge on any atom is -0.465 e. The zero-order valence-corrected chi connectivity index (χ0v) is 15.6. The molecule has 26 heavy (non-hydrogen) atoms. The maximum Gasteiger partial charge on any atom is 0.409 e. The molecule has 7 heteroatoms.